The maximum atomic E-state index is 8.33. The van der Waals surface area contributed by atoms with Gasteiger partial charge < -0.3 is 15.0 Å². The van der Waals surface area contributed by atoms with E-state index in [1.165, 1.54) is 0 Å². The van der Waals surface area contributed by atoms with E-state index in [4.69, 9.17) is 18.8 Å². The van der Waals surface area contributed by atoms with Crippen molar-refractivity contribution in [3.63, 3.8) is 0 Å². The normalized spacial score (nSPS) is 4.29. The fourth-order valence-corrected chi connectivity index (χ4v) is 0. The molecule has 0 fully saturated rings. The van der Waals surface area contributed by atoms with Gasteiger partial charge in [0.05, 0.1) is 0 Å². The van der Waals surface area contributed by atoms with Crippen molar-refractivity contribution >= 4 is 6.16 Å². The molecule has 4 nitrogen and oxygen atoms in total. The third-order valence-corrected chi connectivity index (χ3v) is 0. The monoisotopic (exact) mass is 198 g/mol. The number of hydrogen-bond donors (Lipinski definition) is 0. The molecule has 0 aromatic heterocycles. The first kappa shape index (κ1) is 15.7. The van der Waals surface area contributed by atoms with Gasteiger partial charge in [0.2, 0.25) is 0 Å². The minimum atomic E-state index is -2.33. The molecule has 0 spiro atoms. The van der Waals surface area contributed by atoms with Gasteiger partial charge >= 0.3 is 36.6 Å². The van der Waals surface area contributed by atoms with Gasteiger partial charge in [0.25, 0.3) is 0 Å². The van der Waals surface area contributed by atoms with Crippen LogP contribution in [0.15, 0.2) is 0 Å². The number of hydrogen-bond acceptors (Lipinski definition) is 4. The molecule has 0 bridgehead atoms. The van der Waals surface area contributed by atoms with E-state index >= 15 is 0 Å². The molecule has 0 aliphatic carbocycles. The van der Waals surface area contributed by atoms with E-state index in [1.807, 2.05) is 0 Å². The molecule has 6 heteroatoms. The summed E-state index contributed by atoms with van der Waals surface area (Å²) in [5.74, 6) is 0. The van der Waals surface area contributed by atoms with Crippen LogP contribution in [0.3, 0.4) is 0 Å². The standard InChI is InChI=1S/CH2O3.Co.Cu.O/c2-1(3)4;;;/h(H2,2,3,4);;;/q;+2;;/p-2. The Bertz CT molecular complexity index is 43.0. The molecular formula is CCoCuO4. The van der Waals surface area contributed by atoms with E-state index in [1.54, 1.807) is 0 Å². The summed E-state index contributed by atoms with van der Waals surface area (Å²) in [5, 5.41) is 16.7. The molecule has 0 aromatic rings. The van der Waals surface area contributed by atoms with Gasteiger partial charge in [0.15, 0.2) is 0 Å². The second-order valence-electron chi connectivity index (χ2n) is 0.250. The summed E-state index contributed by atoms with van der Waals surface area (Å²) in [7, 11) is 0. The van der Waals surface area contributed by atoms with Crippen LogP contribution in [-0.4, -0.2) is 6.16 Å². The predicted octanol–water partition coefficient (Wildman–Crippen LogP) is -2.57. The second kappa shape index (κ2) is 16.5. The van der Waals surface area contributed by atoms with Gasteiger partial charge in [-0.2, -0.15) is 0 Å². The molecule has 0 unspecified atom stereocenters. The van der Waals surface area contributed by atoms with Crippen molar-refractivity contribution in [2.24, 2.45) is 0 Å². The number of rotatable bonds is 0. The molecule has 0 rings (SSSR count). The van der Waals surface area contributed by atoms with Crippen LogP contribution in [0.25, 0.3) is 0 Å². The summed E-state index contributed by atoms with van der Waals surface area (Å²) in [6.45, 7) is 0. The topological polar surface area (TPSA) is 80.3 Å². The van der Waals surface area contributed by atoms with Gasteiger partial charge in [0, 0.05) is 0 Å². The Kier molecular flexibility index (Phi) is 37.1. The maximum absolute atomic E-state index is 8.33. The molecule has 0 saturated carbocycles. The van der Waals surface area contributed by atoms with Crippen LogP contribution >= 0.6 is 0 Å². The Morgan fingerprint density at radius 3 is 1.29 bits per heavy atom. The SMILES string of the molecule is O=C([O-])[O-].[Co+2].[O]=[Cu]. The number of carbonyl (C=O) groups is 1. The van der Waals surface area contributed by atoms with Gasteiger partial charge in [-0.05, 0) is 6.16 Å². The van der Waals surface area contributed by atoms with Gasteiger partial charge in [-0.15, -0.1) is 0 Å². The first-order chi connectivity index (χ1) is 2.73. The molecule has 0 aliphatic rings. The van der Waals surface area contributed by atoms with Gasteiger partial charge in [-0.25, -0.2) is 0 Å². The van der Waals surface area contributed by atoms with E-state index in [2.05, 4.69) is 15.9 Å². The zero-order chi connectivity index (χ0) is 5.58. The molecule has 0 N–H and O–H groups in total. The number of carboxylic acid groups (broad SMARTS) is 2. The summed E-state index contributed by atoms with van der Waals surface area (Å²) in [5.41, 5.74) is 0. The van der Waals surface area contributed by atoms with Crippen LogP contribution in [0, 0.1) is 0 Å². The van der Waals surface area contributed by atoms with Gasteiger partial charge in [-0.1, -0.05) is 0 Å². The molecule has 0 atom stereocenters. The Morgan fingerprint density at radius 1 is 1.29 bits per heavy atom. The van der Waals surface area contributed by atoms with Crippen molar-refractivity contribution in [3.05, 3.63) is 0 Å². The molecule has 0 amide bonds. The van der Waals surface area contributed by atoms with Crippen LogP contribution in [0.2, 0.25) is 0 Å². The third kappa shape index (κ3) is 11100. The van der Waals surface area contributed by atoms with Crippen LogP contribution in [0.4, 0.5) is 4.79 Å². The zero-order valence-corrected chi connectivity index (χ0v) is 4.75. The second-order valence-corrected chi connectivity index (χ2v) is 0.250. The van der Waals surface area contributed by atoms with Gasteiger partial charge in [0.1, 0.15) is 0 Å². The first-order valence-electron chi connectivity index (χ1n) is 0.735. The molecule has 0 aromatic carbocycles. The molecular weight excluding hydrogens is 198 g/mol. The van der Waals surface area contributed by atoms with Crippen molar-refractivity contribution in [1.82, 2.24) is 0 Å². The minimum absolute atomic E-state index is 0. The molecule has 48 valence electrons. The predicted molar refractivity (Wildman–Crippen MR) is 6.08 cm³/mol. The third-order valence-electron chi connectivity index (χ3n) is 0. The Labute approximate surface area is 58.1 Å². The average Bonchev–Trinajstić information content (AvgIpc) is 1.41. The summed E-state index contributed by atoms with van der Waals surface area (Å²) >= 11 is 2.94. The van der Waals surface area contributed by atoms with E-state index in [0.717, 1.165) is 0 Å². The Balaban J connectivity index is -0.0000000480. The van der Waals surface area contributed by atoms with Crippen LogP contribution in [0.5, 0.6) is 0 Å². The van der Waals surface area contributed by atoms with E-state index in [9.17, 15) is 0 Å². The summed E-state index contributed by atoms with van der Waals surface area (Å²) in [4.78, 5) is 8.33. The Hall–Kier alpha value is 0.0960. The molecule has 0 saturated heterocycles. The van der Waals surface area contributed by atoms with Crippen molar-refractivity contribution in [1.29, 1.82) is 0 Å². The molecule has 7 heavy (non-hydrogen) atoms. The van der Waals surface area contributed by atoms with Crippen molar-refractivity contribution < 1.29 is 51.6 Å². The Morgan fingerprint density at radius 2 is 1.29 bits per heavy atom. The summed E-state index contributed by atoms with van der Waals surface area (Å²) < 4.78 is 7.81. The average molecular weight is 198 g/mol. The van der Waals surface area contributed by atoms with E-state index in [-0.39, 0.29) is 16.8 Å². The fourth-order valence-electron chi connectivity index (χ4n) is 0. The van der Waals surface area contributed by atoms with Gasteiger partial charge in [-0.3, -0.25) is 0 Å². The molecule has 1 radical (unpaired) electrons. The zero-order valence-electron chi connectivity index (χ0n) is 2.77. The molecule has 0 heterocycles. The fraction of sp³-hybridized carbons (Fsp3) is 0. The summed E-state index contributed by atoms with van der Waals surface area (Å²) in [6, 6.07) is 0. The van der Waals surface area contributed by atoms with Crippen LogP contribution in [-0.2, 0) is 36.6 Å². The number of carbonyl (C=O) groups excluding carboxylic acids is 1. The van der Waals surface area contributed by atoms with Crippen molar-refractivity contribution in [2.45, 2.75) is 0 Å². The van der Waals surface area contributed by atoms with Crippen LogP contribution < -0.4 is 10.2 Å². The quantitative estimate of drug-likeness (QED) is 0.401. The first-order valence-corrected chi connectivity index (χ1v) is 1.12. The summed E-state index contributed by atoms with van der Waals surface area (Å²) in [6.07, 6.45) is -2.33. The van der Waals surface area contributed by atoms with E-state index in [0.29, 0.717) is 0 Å². The van der Waals surface area contributed by atoms with E-state index < -0.39 is 6.16 Å². The van der Waals surface area contributed by atoms with Crippen molar-refractivity contribution in [3.8, 4) is 0 Å². The van der Waals surface area contributed by atoms with Crippen LogP contribution in [0.1, 0.15) is 0 Å². The van der Waals surface area contributed by atoms with Crippen molar-refractivity contribution in [2.75, 3.05) is 0 Å². The molecule has 0 aliphatic heterocycles.